The lowest BCUT2D eigenvalue weighted by Gasteiger charge is -2.32. The van der Waals surface area contributed by atoms with Crippen LogP contribution in [0.5, 0.6) is 0 Å². The lowest BCUT2D eigenvalue weighted by Crippen LogP contribution is -2.43. The molecule has 0 saturated carbocycles. The summed E-state index contributed by atoms with van der Waals surface area (Å²) >= 11 is 0. The third kappa shape index (κ3) is 4.52. The van der Waals surface area contributed by atoms with Crippen LogP contribution in [0.25, 0.3) is 0 Å². The van der Waals surface area contributed by atoms with Crippen molar-refractivity contribution >= 4 is 0 Å². The van der Waals surface area contributed by atoms with E-state index < -0.39 is 0 Å². The first kappa shape index (κ1) is 14.3. The number of ether oxygens (including phenoxy) is 1. The van der Waals surface area contributed by atoms with Gasteiger partial charge in [0.1, 0.15) is 0 Å². The fraction of sp³-hybridized carbons (Fsp3) is 1.00. The molecular weight excluding hydrogens is 224 g/mol. The van der Waals surface area contributed by atoms with Gasteiger partial charge in [-0.3, -0.25) is 0 Å². The van der Waals surface area contributed by atoms with Crippen LogP contribution in [0, 0.1) is 5.92 Å². The van der Waals surface area contributed by atoms with Crippen LogP contribution in [0.3, 0.4) is 0 Å². The summed E-state index contributed by atoms with van der Waals surface area (Å²) in [6.07, 6.45) is 6.81. The van der Waals surface area contributed by atoms with Gasteiger partial charge in [0.15, 0.2) is 0 Å². The van der Waals surface area contributed by atoms with Crippen LogP contribution in [-0.4, -0.2) is 49.8 Å². The van der Waals surface area contributed by atoms with Gasteiger partial charge in [0.25, 0.3) is 0 Å². The van der Waals surface area contributed by atoms with Crippen molar-refractivity contribution in [1.82, 2.24) is 10.2 Å². The first-order valence-electron chi connectivity index (χ1n) is 7.85. The molecule has 2 saturated heterocycles. The lowest BCUT2D eigenvalue weighted by atomic mass is 9.99. The predicted octanol–water partition coefficient (Wildman–Crippen LogP) is 2.27. The molecule has 0 aromatic carbocycles. The summed E-state index contributed by atoms with van der Waals surface area (Å²) in [4.78, 5) is 2.61. The highest BCUT2D eigenvalue weighted by Gasteiger charge is 2.21. The van der Waals surface area contributed by atoms with Crippen molar-refractivity contribution in [2.75, 3.05) is 32.8 Å². The fourth-order valence-corrected chi connectivity index (χ4v) is 3.06. The summed E-state index contributed by atoms with van der Waals surface area (Å²) in [6.45, 7) is 10.5. The normalized spacial score (nSPS) is 31.7. The summed E-state index contributed by atoms with van der Waals surface area (Å²) in [5, 5.41) is 3.72. The Kier molecular flexibility index (Phi) is 5.93. The molecular formula is C15H30N2O. The third-order valence-electron chi connectivity index (χ3n) is 4.56. The maximum Gasteiger partial charge on any atom is 0.0587 e. The maximum absolute atomic E-state index is 5.72. The molecule has 18 heavy (non-hydrogen) atoms. The van der Waals surface area contributed by atoms with Gasteiger partial charge in [-0.05, 0) is 51.1 Å². The summed E-state index contributed by atoms with van der Waals surface area (Å²) < 4.78 is 5.72. The molecule has 3 heteroatoms. The zero-order chi connectivity index (χ0) is 12.8. The number of hydrogen-bond donors (Lipinski definition) is 1. The van der Waals surface area contributed by atoms with E-state index in [1.54, 1.807) is 0 Å². The Morgan fingerprint density at radius 1 is 1.22 bits per heavy atom. The summed E-state index contributed by atoms with van der Waals surface area (Å²) in [5.74, 6) is 0.940. The van der Waals surface area contributed by atoms with Crippen LogP contribution in [0.2, 0.25) is 0 Å². The third-order valence-corrected chi connectivity index (χ3v) is 4.56. The highest BCUT2D eigenvalue weighted by molar-refractivity contribution is 4.77. The highest BCUT2D eigenvalue weighted by atomic mass is 16.5. The minimum absolute atomic E-state index is 0.493. The molecule has 2 aliphatic rings. The Bertz CT molecular complexity index is 227. The van der Waals surface area contributed by atoms with Crippen LogP contribution in [0.15, 0.2) is 0 Å². The molecule has 0 aromatic heterocycles. The van der Waals surface area contributed by atoms with E-state index >= 15 is 0 Å². The van der Waals surface area contributed by atoms with Crippen LogP contribution in [-0.2, 0) is 4.74 Å². The van der Waals surface area contributed by atoms with Gasteiger partial charge in [0.05, 0.1) is 6.10 Å². The van der Waals surface area contributed by atoms with Gasteiger partial charge >= 0.3 is 0 Å². The average Bonchev–Trinajstić information content (AvgIpc) is 2.41. The number of nitrogens with one attached hydrogen (secondary N) is 1. The second kappa shape index (κ2) is 7.46. The number of rotatable bonds is 5. The Balaban J connectivity index is 1.57. The first-order valence-corrected chi connectivity index (χ1v) is 7.85. The molecule has 0 aliphatic carbocycles. The van der Waals surface area contributed by atoms with Crippen molar-refractivity contribution in [2.45, 2.75) is 58.1 Å². The molecule has 2 aliphatic heterocycles. The first-order chi connectivity index (χ1) is 8.78. The molecule has 0 amide bonds. The van der Waals surface area contributed by atoms with E-state index in [-0.39, 0.29) is 0 Å². The topological polar surface area (TPSA) is 24.5 Å². The van der Waals surface area contributed by atoms with Crippen LogP contribution < -0.4 is 5.32 Å². The van der Waals surface area contributed by atoms with E-state index in [1.165, 1.54) is 45.3 Å². The number of likely N-dealkylation sites (tertiary alicyclic amines) is 1. The van der Waals surface area contributed by atoms with Crippen molar-refractivity contribution < 1.29 is 4.74 Å². The predicted molar refractivity (Wildman–Crippen MR) is 75.9 cm³/mol. The van der Waals surface area contributed by atoms with Gasteiger partial charge < -0.3 is 15.0 Å². The van der Waals surface area contributed by atoms with Crippen molar-refractivity contribution in [2.24, 2.45) is 5.92 Å². The summed E-state index contributed by atoms with van der Waals surface area (Å²) in [6, 6.07) is 0.687. The fourth-order valence-electron chi connectivity index (χ4n) is 3.06. The van der Waals surface area contributed by atoms with Gasteiger partial charge in [-0.25, -0.2) is 0 Å². The average molecular weight is 254 g/mol. The van der Waals surface area contributed by atoms with E-state index in [2.05, 4.69) is 24.1 Å². The van der Waals surface area contributed by atoms with E-state index in [4.69, 9.17) is 4.74 Å². The van der Waals surface area contributed by atoms with Crippen LogP contribution in [0.4, 0.5) is 0 Å². The van der Waals surface area contributed by atoms with E-state index in [1.807, 2.05) is 0 Å². The van der Waals surface area contributed by atoms with E-state index in [0.29, 0.717) is 12.1 Å². The highest BCUT2D eigenvalue weighted by Crippen LogP contribution is 2.17. The molecule has 2 atom stereocenters. The summed E-state index contributed by atoms with van der Waals surface area (Å²) in [7, 11) is 0. The monoisotopic (exact) mass is 254 g/mol. The largest absolute Gasteiger partial charge is 0.378 e. The Hall–Kier alpha value is -0.120. The standard InChI is InChI=1S/C15H30N2O/c1-3-15-12-14(6-11-18-15)16-7-10-17-8-4-13(2)5-9-17/h13-16H,3-12H2,1-2H3. The van der Waals surface area contributed by atoms with Crippen molar-refractivity contribution in [3.8, 4) is 0 Å². The Labute approximate surface area is 112 Å². The molecule has 0 radical (unpaired) electrons. The molecule has 0 aromatic rings. The molecule has 1 N–H and O–H groups in total. The maximum atomic E-state index is 5.72. The lowest BCUT2D eigenvalue weighted by molar-refractivity contribution is -0.000405. The number of piperidine rings is 1. The van der Waals surface area contributed by atoms with Gasteiger partial charge in [-0.2, -0.15) is 0 Å². The van der Waals surface area contributed by atoms with Gasteiger partial charge in [0.2, 0.25) is 0 Å². The quantitative estimate of drug-likeness (QED) is 0.814. The van der Waals surface area contributed by atoms with Crippen LogP contribution >= 0.6 is 0 Å². The van der Waals surface area contributed by atoms with Gasteiger partial charge in [0, 0.05) is 25.7 Å². The van der Waals surface area contributed by atoms with Gasteiger partial charge in [-0.1, -0.05) is 13.8 Å². The number of hydrogen-bond acceptors (Lipinski definition) is 3. The zero-order valence-corrected chi connectivity index (χ0v) is 12.2. The molecule has 3 nitrogen and oxygen atoms in total. The molecule has 2 fully saturated rings. The second-order valence-corrected chi connectivity index (χ2v) is 6.10. The smallest absolute Gasteiger partial charge is 0.0587 e. The SMILES string of the molecule is CCC1CC(NCCN2CCC(C)CC2)CCO1. The minimum atomic E-state index is 0.493. The summed E-state index contributed by atoms with van der Waals surface area (Å²) in [5.41, 5.74) is 0. The molecule has 106 valence electrons. The van der Waals surface area contributed by atoms with Crippen molar-refractivity contribution in [1.29, 1.82) is 0 Å². The van der Waals surface area contributed by atoms with Gasteiger partial charge in [-0.15, -0.1) is 0 Å². The van der Waals surface area contributed by atoms with Crippen molar-refractivity contribution in [3.63, 3.8) is 0 Å². The minimum Gasteiger partial charge on any atom is -0.378 e. The molecule has 0 spiro atoms. The second-order valence-electron chi connectivity index (χ2n) is 6.10. The number of nitrogens with zero attached hydrogens (tertiary/aromatic N) is 1. The Morgan fingerprint density at radius 2 is 2.00 bits per heavy atom. The van der Waals surface area contributed by atoms with E-state index in [0.717, 1.165) is 25.5 Å². The van der Waals surface area contributed by atoms with Crippen LogP contribution in [0.1, 0.15) is 46.0 Å². The zero-order valence-electron chi connectivity index (χ0n) is 12.2. The molecule has 0 bridgehead atoms. The Morgan fingerprint density at radius 3 is 2.72 bits per heavy atom. The molecule has 2 rings (SSSR count). The molecule has 2 heterocycles. The van der Waals surface area contributed by atoms with E-state index in [9.17, 15) is 0 Å². The van der Waals surface area contributed by atoms with Crippen molar-refractivity contribution in [3.05, 3.63) is 0 Å². The molecule has 2 unspecified atom stereocenters.